The highest BCUT2D eigenvalue weighted by molar-refractivity contribution is 7.11. The Hall–Kier alpha value is -3.19. The number of esters is 1. The lowest BCUT2D eigenvalue weighted by molar-refractivity contribution is -0.130. The third kappa shape index (κ3) is 4.75. The molecule has 0 unspecified atom stereocenters. The molecule has 1 aromatic heterocycles. The molecule has 1 atom stereocenters. The van der Waals surface area contributed by atoms with Crippen molar-refractivity contribution in [2.75, 3.05) is 7.11 Å². The van der Waals surface area contributed by atoms with E-state index in [2.05, 4.69) is 5.32 Å². The van der Waals surface area contributed by atoms with Crippen LogP contribution in [0.25, 0.3) is 0 Å². The fourth-order valence-corrected chi connectivity index (χ4v) is 3.14. The monoisotopic (exact) mass is 399 g/mol. The summed E-state index contributed by atoms with van der Waals surface area (Å²) in [5.74, 6) is -1.20. The minimum Gasteiger partial charge on any atom is -0.497 e. The second-order valence-electron chi connectivity index (χ2n) is 5.85. The lowest BCUT2D eigenvalue weighted by atomic mass is 10.1. The van der Waals surface area contributed by atoms with E-state index in [4.69, 9.17) is 9.47 Å². The second kappa shape index (κ2) is 9.14. The first-order valence-electron chi connectivity index (χ1n) is 8.48. The first-order valence-corrected chi connectivity index (χ1v) is 9.36. The highest BCUT2D eigenvalue weighted by Crippen LogP contribution is 2.24. The van der Waals surface area contributed by atoms with Crippen LogP contribution in [0, 0.1) is 5.82 Å². The van der Waals surface area contributed by atoms with Crippen LogP contribution in [0.15, 0.2) is 66.0 Å². The summed E-state index contributed by atoms with van der Waals surface area (Å²) in [7, 11) is 1.57. The maximum Gasteiger partial charge on any atom is 0.349 e. The Labute approximate surface area is 165 Å². The van der Waals surface area contributed by atoms with Crippen LogP contribution in [-0.4, -0.2) is 19.0 Å². The molecule has 28 heavy (non-hydrogen) atoms. The number of rotatable bonds is 7. The molecular formula is C21H18FNO4S. The van der Waals surface area contributed by atoms with Crippen LogP contribution in [0.5, 0.6) is 5.75 Å². The number of carbonyl (C=O) groups excluding carboxylic acids is 2. The number of amides is 1. The van der Waals surface area contributed by atoms with Gasteiger partial charge in [0.05, 0.1) is 7.11 Å². The van der Waals surface area contributed by atoms with Crippen molar-refractivity contribution in [1.82, 2.24) is 5.32 Å². The van der Waals surface area contributed by atoms with Crippen molar-refractivity contribution in [2.45, 2.75) is 12.6 Å². The quantitative estimate of drug-likeness (QED) is 0.608. The molecule has 1 amide bonds. The lowest BCUT2D eigenvalue weighted by Gasteiger charge is -2.18. The van der Waals surface area contributed by atoms with Crippen LogP contribution in [0.3, 0.4) is 0 Å². The third-order valence-electron chi connectivity index (χ3n) is 4.00. The number of nitrogens with one attached hydrogen (secondary N) is 1. The topological polar surface area (TPSA) is 64.6 Å². The normalized spacial score (nSPS) is 11.5. The van der Waals surface area contributed by atoms with Crippen LogP contribution >= 0.6 is 11.3 Å². The van der Waals surface area contributed by atoms with Gasteiger partial charge < -0.3 is 14.8 Å². The highest BCUT2D eigenvalue weighted by Gasteiger charge is 2.28. The summed E-state index contributed by atoms with van der Waals surface area (Å²) in [6.07, 6.45) is -1.39. The van der Waals surface area contributed by atoms with Gasteiger partial charge >= 0.3 is 5.97 Å². The van der Waals surface area contributed by atoms with Gasteiger partial charge in [-0.3, -0.25) is 4.79 Å². The molecule has 0 spiro atoms. The van der Waals surface area contributed by atoms with Crippen molar-refractivity contribution in [3.05, 3.63) is 87.9 Å². The van der Waals surface area contributed by atoms with E-state index >= 15 is 0 Å². The summed E-state index contributed by atoms with van der Waals surface area (Å²) in [5.41, 5.74) is 0.825. The SMILES string of the molecule is COc1ccc(CNC(=O)[C@H](OC(=O)c2cccs2)c2ccccc2F)cc1. The number of carbonyl (C=O) groups is 2. The zero-order valence-electron chi connectivity index (χ0n) is 15.1. The Bertz CT molecular complexity index is 941. The molecule has 3 rings (SSSR count). The summed E-state index contributed by atoms with van der Waals surface area (Å²) in [5, 5.41) is 4.41. The molecule has 0 aliphatic heterocycles. The van der Waals surface area contributed by atoms with E-state index in [1.807, 2.05) is 0 Å². The van der Waals surface area contributed by atoms with Gasteiger partial charge in [-0.25, -0.2) is 9.18 Å². The Morgan fingerprint density at radius 2 is 1.82 bits per heavy atom. The number of thiophene rings is 1. The van der Waals surface area contributed by atoms with Gasteiger partial charge in [-0.2, -0.15) is 0 Å². The molecule has 5 nitrogen and oxygen atoms in total. The zero-order chi connectivity index (χ0) is 19.9. The Balaban J connectivity index is 1.76. The summed E-state index contributed by atoms with van der Waals surface area (Å²) >= 11 is 1.19. The van der Waals surface area contributed by atoms with Crippen molar-refractivity contribution >= 4 is 23.2 Å². The van der Waals surface area contributed by atoms with Gasteiger partial charge in [0.15, 0.2) is 0 Å². The molecule has 0 radical (unpaired) electrons. The predicted octanol–water partition coefficient (Wildman–Crippen LogP) is 4.11. The number of halogens is 1. The Kier molecular flexibility index (Phi) is 6.39. The van der Waals surface area contributed by atoms with E-state index in [1.54, 1.807) is 55.0 Å². The summed E-state index contributed by atoms with van der Waals surface area (Å²) < 4.78 is 24.7. The predicted molar refractivity (Wildman–Crippen MR) is 104 cm³/mol. The number of ether oxygens (including phenoxy) is 2. The molecule has 2 aromatic carbocycles. The van der Waals surface area contributed by atoms with Crippen LogP contribution in [-0.2, 0) is 16.1 Å². The van der Waals surface area contributed by atoms with Gasteiger partial charge in [0.2, 0.25) is 6.10 Å². The van der Waals surface area contributed by atoms with Gasteiger partial charge in [-0.1, -0.05) is 36.4 Å². The molecule has 7 heteroatoms. The van der Waals surface area contributed by atoms with Crippen LogP contribution in [0.2, 0.25) is 0 Å². The van der Waals surface area contributed by atoms with Crippen LogP contribution in [0.1, 0.15) is 26.9 Å². The Morgan fingerprint density at radius 3 is 2.46 bits per heavy atom. The van der Waals surface area contributed by atoms with E-state index in [-0.39, 0.29) is 12.1 Å². The lowest BCUT2D eigenvalue weighted by Crippen LogP contribution is -2.32. The number of hydrogen-bond acceptors (Lipinski definition) is 5. The molecular weight excluding hydrogens is 381 g/mol. The van der Waals surface area contributed by atoms with Crippen LogP contribution in [0.4, 0.5) is 4.39 Å². The van der Waals surface area contributed by atoms with Gasteiger partial charge in [0, 0.05) is 12.1 Å². The molecule has 0 fully saturated rings. The van der Waals surface area contributed by atoms with Crippen molar-refractivity contribution in [3.63, 3.8) is 0 Å². The van der Waals surface area contributed by atoms with Crippen LogP contribution < -0.4 is 10.1 Å². The molecule has 144 valence electrons. The van der Waals surface area contributed by atoms with E-state index in [1.165, 1.54) is 29.5 Å². The fraction of sp³-hybridized carbons (Fsp3) is 0.143. The van der Waals surface area contributed by atoms with Gasteiger partial charge in [-0.15, -0.1) is 11.3 Å². The number of methoxy groups -OCH3 is 1. The molecule has 1 heterocycles. The smallest absolute Gasteiger partial charge is 0.349 e. The maximum absolute atomic E-state index is 14.3. The minimum absolute atomic E-state index is 0.000336. The van der Waals surface area contributed by atoms with E-state index in [0.717, 1.165) is 5.56 Å². The molecule has 0 bridgehead atoms. The highest BCUT2D eigenvalue weighted by atomic mass is 32.1. The average Bonchev–Trinajstić information content (AvgIpc) is 3.26. The standard InChI is InChI=1S/C21H18FNO4S/c1-26-15-10-8-14(9-11-15)13-23-20(24)19(16-5-2-3-6-17(16)22)27-21(25)18-7-4-12-28-18/h2-12,19H,13H2,1H3,(H,23,24)/t19-/m1/s1. The van der Waals surface area contributed by atoms with Gasteiger partial charge in [0.1, 0.15) is 16.4 Å². The van der Waals surface area contributed by atoms with Crippen molar-refractivity contribution in [3.8, 4) is 5.75 Å². The second-order valence-corrected chi connectivity index (χ2v) is 6.80. The fourth-order valence-electron chi connectivity index (χ4n) is 2.53. The summed E-state index contributed by atoms with van der Waals surface area (Å²) in [6, 6.07) is 16.2. The van der Waals surface area contributed by atoms with Crippen molar-refractivity contribution < 1.29 is 23.5 Å². The van der Waals surface area contributed by atoms with E-state index in [9.17, 15) is 14.0 Å². The van der Waals surface area contributed by atoms with Gasteiger partial charge in [-0.05, 0) is 35.2 Å². The summed E-state index contributed by atoms with van der Waals surface area (Å²) in [4.78, 5) is 25.4. The zero-order valence-corrected chi connectivity index (χ0v) is 15.9. The molecule has 0 saturated heterocycles. The van der Waals surface area contributed by atoms with Crippen molar-refractivity contribution in [2.24, 2.45) is 0 Å². The number of benzene rings is 2. The average molecular weight is 399 g/mol. The van der Waals surface area contributed by atoms with Gasteiger partial charge in [0.25, 0.3) is 5.91 Å². The molecule has 3 aromatic rings. The largest absolute Gasteiger partial charge is 0.497 e. The van der Waals surface area contributed by atoms with E-state index in [0.29, 0.717) is 10.6 Å². The Morgan fingerprint density at radius 1 is 1.07 bits per heavy atom. The molecule has 0 aliphatic rings. The first kappa shape index (κ1) is 19.6. The first-order chi connectivity index (χ1) is 13.6. The summed E-state index contributed by atoms with van der Waals surface area (Å²) in [6.45, 7) is 0.199. The molecule has 0 aliphatic carbocycles. The molecule has 0 saturated carbocycles. The number of hydrogen-bond donors (Lipinski definition) is 1. The molecule has 1 N–H and O–H groups in total. The minimum atomic E-state index is -1.39. The maximum atomic E-state index is 14.3. The third-order valence-corrected chi connectivity index (χ3v) is 4.85. The van der Waals surface area contributed by atoms with Crippen molar-refractivity contribution in [1.29, 1.82) is 0 Å². The van der Waals surface area contributed by atoms with E-state index < -0.39 is 23.8 Å².